The molecule has 0 atom stereocenters. The van der Waals surface area contributed by atoms with Crippen LogP contribution in [0, 0.1) is 0 Å². The second-order valence-corrected chi connectivity index (χ2v) is 6.65. The van der Waals surface area contributed by atoms with Crippen molar-refractivity contribution >= 4 is 37.0 Å². The molecule has 0 saturated heterocycles. The number of hydrogen-bond donors (Lipinski definition) is 0. The summed E-state index contributed by atoms with van der Waals surface area (Å²) < 4.78 is 30.8. The fraction of sp³-hybridized carbons (Fsp3) is 0.308. The van der Waals surface area contributed by atoms with Gasteiger partial charge in [-0.3, -0.25) is 9.05 Å². The number of hydrogen-bond acceptors (Lipinski definition) is 6. The van der Waals surface area contributed by atoms with Crippen LogP contribution in [0.2, 0.25) is 10.0 Å². The highest BCUT2D eigenvalue weighted by molar-refractivity contribution is 7.48. The first-order valence-electron chi connectivity index (χ1n) is 5.99. The molecule has 0 fully saturated rings. The summed E-state index contributed by atoms with van der Waals surface area (Å²) in [5.74, 6) is -0.665. The van der Waals surface area contributed by atoms with Gasteiger partial charge in [0.15, 0.2) is 0 Å². The highest BCUT2D eigenvalue weighted by Crippen LogP contribution is 2.49. The van der Waals surface area contributed by atoms with Crippen molar-refractivity contribution in [2.75, 3.05) is 14.2 Å². The number of phosphoric acid groups is 1. The summed E-state index contributed by atoms with van der Waals surface area (Å²) in [5.41, 5.74) is 0.603. The maximum atomic E-state index is 11.7. The van der Waals surface area contributed by atoms with E-state index >= 15 is 0 Å². The first-order valence-corrected chi connectivity index (χ1v) is 8.21. The predicted molar refractivity (Wildman–Crippen MR) is 82.7 cm³/mol. The number of carbonyl (C=O) groups is 1. The van der Waals surface area contributed by atoms with E-state index in [4.69, 9.17) is 32.5 Å². The molecule has 0 amide bonds. The molecule has 0 spiro atoms. The van der Waals surface area contributed by atoms with Gasteiger partial charge in [0.05, 0.1) is 6.08 Å². The Labute approximate surface area is 138 Å². The van der Waals surface area contributed by atoms with Gasteiger partial charge in [-0.25, -0.2) is 9.36 Å². The van der Waals surface area contributed by atoms with Crippen molar-refractivity contribution in [2.24, 2.45) is 0 Å². The van der Waals surface area contributed by atoms with E-state index in [0.29, 0.717) is 15.6 Å². The molecular formula is C13H15Cl2O6P. The van der Waals surface area contributed by atoms with Crippen LogP contribution in [0.5, 0.6) is 0 Å². The van der Waals surface area contributed by atoms with Gasteiger partial charge in [-0.2, -0.15) is 0 Å². The maximum Gasteiger partial charge on any atom is 0.529 e. The van der Waals surface area contributed by atoms with Crippen molar-refractivity contribution in [3.8, 4) is 0 Å². The van der Waals surface area contributed by atoms with Gasteiger partial charge in [0.2, 0.25) is 0 Å². The standard InChI is InChI=1S/C13H15Cl2O6P/c1-9(21-22(17,18-2)19-3)6-13(16)20-8-10-4-5-11(14)7-12(10)15/h4-7H,8H2,1-3H3/b9-6+. The molecule has 22 heavy (non-hydrogen) atoms. The van der Waals surface area contributed by atoms with Gasteiger partial charge in [-0.15, -0.1) is 0 Å². The van der Waals surface area contributed by atoms with Gasteiger partial charge in [0.25, 0.3) is 0 Å². The zero-order valence-corrected chi connectivity index (χ0v) is 14.6. The number of esters is 1. The SMILES string of the molecule is COP(=O)(OC)O/C(C)=C/C(=O)OCc1ccc(Cl)cc1Cl. The van der Waals surface area contributed by atoms with E-state index < -0.39 is 13.8 Å². The number of allylic oxidation sites excluding steroid dienone is 1. The summed E-state index contributed by atoms with van der Waals surface area (Å²) in [4.78, 5) is 11.6. The van der Waals surface area contributed by atoms with Crippen molar-refractivity contribution in [2.45, 2.75) is 13.5 Å². The molecule has 6 nitrogen and oxygen atoms in total. The van der Waals surface area contributed by atoms with E-state index in [1.165, 1.54) is 21.1 Å². The van der Waals surface area contributed by atoms with E-state index in [1.807, 2.05) is 0 Å². The average Bonchev–Trinajstić information content (AvgIpc) is 2.46. The fourth-order valence-electron chi connectivity index (χ4n) is 1.35. The molecule has 1 rings (SSSR count). The van der Waals surface area contributed by atoms with Crippen LogP contribution in [-0.4, -0.2) is 20.2 Å². The van der Waals surface area contributed by atoms with Gasteiger partial charge in [0, 0.05) is 29.8 Å². The third-order valence-corrected chi connectivity index (χ3v) is 4.40. The number of benzene rings is 1. The molecule has 0 bridgehead atoms. The minimum absolute atomic E-state index is 0.0271. The summed E-state index contributed by atoms with van der Waals surface area (Å²) in [7, 11) is -1.37. The van der Waals surface area contributed by atoms with E-state index in [9.17, 15) is 9.36 Å². The molecule has 0 unspecified atom stereocenters. The van der Waals surface area contributed by atoms with Crippen LogP contribution in [0.15, 0.2) is 30.0 Å². The molecule has 0 aliphatic carbocycles. The molecule has 0 saturated carbocycles. The summed E-state index contributed by atoms with van der Waals surface area (Å²) >= 11 is 11.7. The smallest absolute Gasteiger partial charge is 0.458 e. The normalized spacial score (nSPS) is 12.1. The van der Waals surface area contributed by atoms with Gasteiger partial charge in [-0.05, 0) is 19.1 Å². The monoisotopic (exact) mass is 368 g/mol. The first-order chi connectivity index (χ1) is 10.3. The summed E-state index contributed by atoms with van der Waals surface area (Å²) in [5, 5.41) is 0.875. The largest absolute Gasteiger partial charge is 0.529 e. The summed E-state index contributed by atoms with van der Waals surface area (Å²) in [6.07, 6.45) is 1.02. The predicted octanol–water partition coefficient (Wildman–Crippen LogP) is 4.36. The number of phosphoric ester groups is 1. The second kappa shape index (κ2) is 8.56. The van der Waals surface area contributed by atoms with Gasteiger partial charge < -0.3 is 9.26 Å². The Morgan fingerprint density at radius 1 is 1.27 bits per heavy atom. The van der Waals surface area contributed by atoms with Crippen LogP contribution in [0.25, 0.3) is 0 Å². The number of halogens is 2. The highest BCUT2D eigenvalue weighted by Gasteiger charge is 2.24. The zero-order valence-electron chi connectivity index (χ0n) is 12.2. The lowest BCUT2D eigenvalue weighted by Crippen LogP contribution is -2.03. The second-order valence-electron chi connectivity index (χ2n) is 4.00. The number of carbonyl (C=O) groups excluding carboxylic acids is 1. The molecule has 0 aliphatic heterocycles. The maximum absolute atomic E-state index is 11.7. The quantitative estimate of drug-likeness (QED) is 0.308. The lowest BCUT2D eigenvalue weighted by Gasteiger charge is -2.14. The van der Waals surface area contributed by atoms with Crippen LogP contribution < -0.4 is 0 Å². The molecular weight excluding hydrogens is 354 g/mol. The lowest BCUT2D eigenvalue weighted by atomic mass is 10.2. The molecule has 0 aliphatic rings. The molecule has 0 aromatic heterocycles. The van der Waals surface area contributed by atoms with Crippen molar-refractivity contribution in [1.29, 1.82) is 0 Å². The van der Waals surface area contributed by atoms with E-state index in [-0.39, 0.29) is 12.4 Å². The van der Waals surface area contributed by atoms with Crippen molar-refractivity contribution in [3.63, 3.8) is 0 Å². The third-order valence-electron chi connectivity index (χ3n) is 2.41. The number of ether oxygens (including phenoxy) is 1. The minimum Gasteiger partial charge on any atom is -0.458 e. The molecule has 0 radical (unpaired) electrons. The third kappa shape index (κ3) is 5.99. The van der Waals surface area contributed by atoms with E-state index in [0.717, 1.165) is 6.08 Å². The van der Waals surface area contributed by atoms with Gasteiger partial charge in [-0.1, -0.05) is 29.3 Å². The first kappa shape index (κ1) is 19.0. The Morgan fingerprint density at radius 3 is 2.45 bits per heavy atom. The van der Waals surface area contributed by atoms with Crippen LogP contribution >= 0.6 is 31.0 Å². The van der Waals surface area contributed by atoms with Crippen LogP contribution in [0.1, 0.15) is 12.5 Å². The number of rotatable bonds is 7. The molecule has 9 heteroatoms. The molecule has 0 N–H and O–H groups in total. The van der Waals surface area contributed by atoms with Crippen LogP contribution in [0.4, 0.5) is 0 Å². The summed E-state index contributed by atoms with van der Waals surface area (Å²) in [6.45, 7) is 1.38. The summed E-state index contributed by atoms with van der Waals surface area (Å²) in [6, 6.07) is 4.83. The highest BCUT2D eigenvalue weighted by atomic mass is 35.5. The van der Waals surface area contributed by atoms with Crippen molar-refractivity contribution < 1.29 is 27.7 Å². The minimum atomic E-state index is -3.70. The van der Waals surface area contributed by atoms with E-state index in [2.05, 4.69) is 9.05 Å². The Balaban J connectivity index is 2.62. The van der Waals surface area contributed by atoms with Crippen molar-refractivity contribution in [3.05, 3.63) is 45.6 Å². The van der Waals surface area contributed by atoms with Crippen LogP contribution in [-0.2, 0) is 34.3 Å². The Kier molecular flexibility index (Phi) is 7.39. The average molecular weight is 369 g/mol. The zero-order chi connectivity index (χ0) is 16.8. The Hall–Kier alpha value is -1.04. The molecule has 1 aromatic rings. The topological polar surface area (TPSA) is 71.1 Å². The molecule has 0 heterocycles. The van der Waals surface area contributed by atoms with Gasteiger partial charge >= 0.3 is 13.8 Å². The molecule has 122 valence electrons. The Morgan fingerprint density at radius 2 is 1.91 bits per heavy atom. The molecule has 1 aromatic carbocycles. The van der Waals surface area contributed by atoms with Crippen molar-refractivity contribution in [1.82, 2.24) is 0 Å². The lowest BCUT2D eigenvalue weighted by molar-refractivity contribution is -0.139. The van der Waals surface area contributed by atoms with E-state index in [1.54, 1.807) is 18.2 Å². The fourth-order valence-corrected chi connectivity index (χ4v) is 2.51. The Bertz CT molecular complexity index is 609. The van der Waals surface area contributed by atoms with Gasteiger partial charge in [0.1, 0.15) is 12.4 Å². The van der Waals surface area contributed by atoms with Crippen LogP contribution in [0.3, 0.4) is 0 Å².